The van der Waals surface area contributed by atoms with Crippen molar-refractivity contribution in [1.82, 2.24) is 30.9 Å². The summed E-state index contributed by atoms with van der Waals surface area (Å²) in [6.07, 6.45) is 2.14. The van der Waals surface area contributed by atoms with Crippen LogP contribution in [0.4, 0.5) is 4.79 Å². The first-order chi connectivity index (χ1) is 11.9. The van der Waals surface area contributed by atoms with Crippen LogP contribution in [0.1, 0.15) is 20.3 Å². The topological polar surface area (TPSA) is 133 Å². The zero-order chi connectivity index (χ0) is 18.0. The lowest BCUT2D eigenvalue weighted by Crippen LogP contribution is -2.49. The molecule has 10 nitrogen and oxygen atoms in total. The lowest BCUT2D eigenvalue weighted by atomic mass is 10.00. The molecule has 1 aliphatic heterocycles. The van der Waals surface area contributed by atoms with Gasteiger partial charge in [-0.05, 0) is 25.5 Å². The first-order valence-electron chi connectivity index (χ1n) is 7.49. The lowest BCUT2D eigenvalue weighted by Gasteiger charge is -2.19. The first kappa shape index (κ1) is 17.0. The minimum absolute atomic E-state index is 0.0910. The SMILES string of the molecule is CCC1(C)NC(=O)N(NC(=O)CSc2nnc(-c3ccc[nH]3)o2)C1=O. The lowest BCUT2D eigenvalue weighted by molar-refractivity contribution is -0.137. The Hall–Kier alpha value is -2.82. The van der Waals surface area contributed by atoms with Gasteiger partial charge in [0.05, 0.1) is 5.75 Å². The molecule has 0 saturated carbocycles. The fraction of sp³-hybridized carbons (Fsp3) is 0.357. The number of carbonyl (C=O) groups is 3. The summed E-state index contributed by atoms with van der Waals surface area (Å²) < 4.78 is 5.41. The molecule has 0 bridgehead atoms. The second-order valence-corrected chi connectivity index (χ2v) is 6.46. The molecule has 1 aliphatic rings. The molecule has 132 valence electrons. The van der Waals surface area contributed by atoms with Gasteiger partial charge in [0, 0.05) is 6.20 Å². The Balaban J connectivity index is 1.55. The summed E-state index contributed by atoms with van der Waals surface area (Å²) in [5.41, 5.74) is 1.95. The number of imide groups is 1. The number of nitrogens with zero attached hydrogens (tertiary/aromatic N) is 3. The van der Waals surface area contributed by atoms with Gasteiger partial charge < -0.3 is 14.7 Å². The van der Waals surface area contributed by atoms with E-state index in [1.54, 1.807) is 32.2 Å². The summed E-state index contributed by atoms with van der Waals surface area (Å²) in [6, 6.07) is 2.92. The molecule has 2 aromatic rings. The molecule has 0 radical (unpaired) electrons. The van der Waals surface area contributed by atoms with Gasteiger partial charge in [-0.3, -0.25) is 15.0 Å². The van der Waals surface area contributed by atoms with Crippen molar-refractivity contribution in [2.75, 3.05) is 5.75 Å². The third kappa shape index (κ3) is 3.36. The molecule has 0 aliphatic carbocycles. The van der Waals surface area contributed by atoms with Crippen molar-refractivity contribution in [3.8, 4) is 11.6 Å². The number of hydrazine groups is 1. The molecule has 1 fully saturated rings. The molecule has 2 aromatic heterocycles. The van der Waals surface area contributed by atoms with E-state index in [1.807, 2.05) is 0 Å². The standard InChI is InChI=1S/C14H16N6O4S/c1-3-14(2)11(22)20(12(23)16-14)19-9(21)7-25-13-18-17-10(24-13)8-5-4-6-15-8/h4-6,15H,3,7H2,1-2H3,(H,16,23)(H,19,21). The van der Waals surface area contributed by atoms with Crippen LogP contribution in [0.5, 0.6) is 0 Å². The zero-order valence-corrected chi connectivity index (χ0v) is 14.3. The van der Waals surface area contributed by atoms with Crippen molar-refractivity contribution in [1.29, 1.82) is 0 Å². The van der Waals surface area contributed by atoms with Gasteiger partial charge in [0.1, 0.15) is 11.2 Å². The van der Waals surface area contributed by atoms with Crippen LogP contribution in [0.3, 0.4) is 0 Å². The molecule has 4 amide bonds. The number of hydrogen-bond donors (Lipinski definition) is 3. The Morgan fingerprint density at radius 1 is 1.44 bits per heavy atom. The highest BCUT2D eigenvalue weighted by Gasteiger charge is 2.47. The number of urea groups is 1. The highest BCUT2D eigenvalue weighted by Crippen LogP contribution is 2.22. The number of hydrogen-bond acceptors (Lipinski definition) is 7. The summed E-state index contributed by atoms with van der Waals surface area (Å²) in [6.45, 7) is 3.38. The third-order valence-corrected chi connectivity index (χ3v) is 4.58. The Labute approximate surface area is 146 Å². The van der Waals surface area contributed by atoms with Crippen molar-refractivity contribution >= 4 is 29.6 Å². The normalized spacial score (nSPS) is 20.0. The number of carbonyl (C=O) groups excluding carboxylic acids is 3. The highest BCUT2D eigenvalue weighted by molar-refractivity contribution is 7.99. The van der Waals surface area contributed by atoms with E-state index >= 15 is 0 Å². The number of nitrogens with one attached hydrogen (secondary N) is 3. The summed E-state index contributed by atoms with van der Waals surface area (Å²) in [5, 5.41) is 11.1. The Bertz CT molecular complexity index is 804. The average molecular weight is 364 g/mol. The fourth-order valence-corrected chi connectivity index (χ4v) is 2.71. The molecular weight excluding hydrogens is 348 g/mol. The highest BCUT2D eigenvalue weighted by atomic mass is 32.2. The maximum atomic E-state index is 12.2. The van der Waals surface area contributed by atoms with Crippen LogP contribution >= 0.6 is 11.8 Å². The van der Waals surface area contributed by atoms with Crippen LogP contribution in [0.2, 0.25) is 0 Å². The molecular formula is C14H16N6O4S. The van der Waals surface area contributed by atoms with Crippen LogP contribution < -0.4 is 10.7 Å². The molecule has 11 heteroatoms. The minimum atomic E-state index is -1.01. The fourth-order valence-electron chi connectivity index (χ4n) is 2.15. The molecule has 0 spiro atoms. The Morgan fingerprint density at radius 2 is 2.24 bits per heavy atom. The minimum Gasteiger partial charge on any atom is -0.410 e. The van der Waals surface area contributed by atoms with Crippen LogP contribution in [-0.4, -0.2) is 49.3 Å². The number of thioether (sulfide) groups is 1. The number of aromatic nitrogens is 3. The van der Waals surface area contributed by atoms with Crippen LogP contribution in [-0.2, 0) is 9.59 Å². The molecule has 1 unspecified atom stereocenters. The maximum Gasteiger partial charge on any atom is 0.344 e. The van der Waals surface area contributed by atoms with E-state index < -0.39 is 23.4 Å². The van der Waals surface area contributed by atoms with Gasteiger partial charge in [-0.2, -0.15) is 5.01 Å². The van der Waals surface area contributed by atoms with Crippen molar-refractivity contribution in [2.45, 2.75) is 31.0 Å². The number of amides is 4. The van der Waals surface area contributed by atoms with E-state index in [1.165, 1.54) is 0 Å². The van der Waals surface area contributed by atoms with Gasteiger partial charge in [0.15, 0.2) is 0 Å². The molecule has 3 rings (SSSR count). The average Bonchev–Trinajstić information content (AvgIpc) is 3.30. The second kappa shape index (κ2) is 6.59. The molecule has 1 atom stereocenters. The zero-order valence-electron chi connectivity index (χ0n) is 13.5. The summed E-state index contributed by atoms with van der Waals surface area (Å²) in [5.74, 6) is -0.814. The first-order valence-corrected chi connectivity index (χ1v) is 8.48. The van der Waals surface area contributed by atoms with Gasteiger partial charge in [-0.1, -0.05) is 18.7 Å². The smallest absolute Gasteiger partial charge is 0.344 e. The summed E-state index contributed by atoms with van der Waals surface area (Å²) >= 11 is 1.00. The quantitative estimate of drug-likeness (QED) is 0.512. The van der Waals surface area contributed by atoms with Gasteiger partial charge >= 0.3 is 6.03 Å². The molecule has 1 saturated heterocycles. The van der Waals surface area contributed by atoms with Crippen molar-refractivity contribution in [3.05, 3.63) is 18.3 Å². The molecule has 0 aromatic carbocycles. The van der Waals surface area contributed by atoms with Crippen LogP contribution in [0.15, 0.2) is 28.0 Å². The molecule has 3 N–H and O–H groups in total. The van der Waals surface area contributed by atoms with E-state index in [4.69, 9.17) is 4.42 Å². The summed E-state index contributed by atoms with van der Waals surface area (Å²) in [7, 11) is 0. The van der Waals surface area contributed by atoms with Crippen LogP contribution in [0.25, 0.3) is 11.6 Å². The predicted octanol–water partition coefficient (Wildman–Crippen LogP) is 0.908. The molecule has 25 heavy (non-hydrogen) atoms. The van der Waals surface area contributed by atoms with Gasteiger partial charge in [0.2, 0.25) is 5.91 Å². The van der Waals surface area contributed by atoms with Gasteiger partial charge in [-0.15, -0.1) is 10.2 Å². The Kier molecular flexibility index (Phi) is 4.49. The second-order valence-electron chi connectivity index (χ2n) is 5.54. The van der Waals surface area contributed by atoms with E-state index in [-0.39, 0.29) is 11.0 Å². The van der Waals surface area contributed by atoms with E-state index in [9.17, 15) is 14.4 Å². The monoisotopic (exact) mass is 364 g/mol. The maximum absolute atomic E-state index is 12.2. The van der Waals surface area contributed by atoms with Crippen LogP contribution in [0, 0.1) is 0 Å². The van der Waals surface area contributed by atoms with Crippen molar-refractivity contribution in [2.24, 2.45) is 0 Å². The van der Waals surface area contributed by atoms with Gasteiger partial charge in [0.25, 0.3) is 17.0 Å². The largest absolute Gasteiger partial charge is 0.410 e. The number of aromatic amines is 1. The third-order valence-electron chi connectivity index (χ3n) is 3.77. The van der Waals surface area contributed by atoms with E-state index in [0.717, 1.165) is 11.8 Å². The van der Waals surface area contributed by atoms with Crippen molar-refractivity contribution in [3.63, 3.8) is 0 Å². The Morgan fingerprint density at radius 3 is 2.88 bits per heavy atom. The number of H-pyrrole nitrogens is 1. The van der Waals surface area contributed by atoms with E-state index in [2.05, 4.69) is 25.9 Å². The molecule has 3 heterocycles. The summed E-state index contributed by atoms with van der Waals surface area (Å²) in [4.78, 5) is 38.9. The van der Waals surface area contributed by atoms with Gasteiger partial charge in [-0.25, -0.2) is 4.79 Å². The van der Waals surface area contributed by atoms with E-state index in [0.29, 0.717) is 23.0 Å². The predicted molar refractivity (Wildman–Crippen MR) is 87.0 cm³/mol. The number of rotatable bonds is 6. The van der Waals surface area contributed by atoms with Crippen molar-refractivity contribution < 1.29 is 18.8 Å².